The maximum absolute atomic E-state index is 11.8. The molecule has 4 unspecified atom stereocenters. The predicted octanol–water partition coefficient (Wildman–Crippen LogP) is 2.58. The van der Waals surface area contributed by atoms with Gasteiger partial charge in [0, 0.05) is 24.1 Å². The summed E-state index contributed by atoms with van der Waals surface area (Å²) in [5.41, 5.74) is 0. The van der Waals surface area contributed by atoms with Crippen LogP contribution in [0.2, 0.25) is 0 Å². The average molecular weight is 255 g/mol. The fraction of sp³-hybridized carbons (Fsp3) is 0.846. The molecular formula is C13H19ClN2O. The Balaban J connectivity index is 1.72. The van der Waals surface area contributed by atoms with Crippen molar-refractivity contribution in [2.24, 2.45) is 11.0 Å². The number of carbonyl (C=O) groups excluding carboxylic acids is 1. The van der Waals surface area contributed by atoms with Crippen molar-refractivity contribution in [3.8, 4) is 0 Å². The number of hydrazone groups is 1. The van der Waals surface area contributed by atoms with E-state index < -0.39 is 0 Å². The van der Waals surface area contributed by atoms with E-state index in [0.717, 1.165) is 32.1 Å². The summed E-state index contributed by atoms with van der Waals surface area (Å²) in [6, 6.07) is 0.798. The molecule has 1 aliphatic heterocycles. The monoisotopic (exact) mass is 254 g/mol. The Hall–Kier alpha value is -0.570. The Kier molecular flexibility index (Phi) is 3.12. The van der Waals surface area contributed by atoms with E-state index in [9.17, 15) is 4.79 Å². The van der Waals surface area contributed by atoms with Gasteiger partial charge in [0.15, 0.2) is 0 Å². The maximum Gasteiger partial charge on any atom is 0.143 e. The van der Waals surface area contributed by atoms with Crippen LogP contribution in [0.15, 0.2) is 5.10 Å². The zero-order valence-corrected chi connectivity index (χ0v) is 10.8. The van der Waals surface area contributed by atoms with Gasteiger partial charge in [0.2, 0.25) is 0 Å². The Bertz CT molecular complexity index is 344. The standard InChI is InChI=1S/C13H19ClN2O/c14-9-3-1-4-10(7-9)16-12-5-2-6-13(17)11(12)8-15-16/h8-12H,1-7H2. The second-order valence-electron chi connectivity index (χ2n) is 5.51. The molecule has 0 radical (unpaired) electrons. The van der Waals surface area contributed by atoms with Gasteiger partial charge in [0.25, 0.3) is 0 Å². The second kappa shape index (κ2) is 4.60. The molecule has 4 heteroatoms. The summed E-state index contributed by atoms with van der Waals surface area (Å²) in [6.07, 6.45) is 9.28. The minimum Gasteiger partial charge on any atom is -0.299 e. The Morgan fingerprint density at radius 3 is 3.00 bits per heavy atom. The Morgan fingerprint density at radius 2 is 2.18 bits per heavy atom. The van der Waals surface area contributed by atoms with E-state index >= 15 is 0 Å². The fourth-order valence-electron chi connectivity index (χ4n) is 3.47. The SMILES string of the molecule is O=C1CCCC2C1C=NN2C1CCCC(Cl)C1. The third-order valence-corrected chi connectivity index (χ3v) is 4.76. The summed E-state index contributed by atoms with van der Waals surface area (Å²) < 4.78 is 0. The average Bonchev–Trinajstić information content (AvgIpc) is 2.74. The predicted molar refractivity (Wildman–Crippen MR) is 68.4 cm³/mol. The third-order valence-electron chi connectivity index (χ3n) is 4.37. The highest BCUT2D eigenvalue weighted by Crippen LogP contribution is 2.35. The van der Waals surface area contributed by atoms with Crippen LogP contribution >= 0.6 is 11.6 Å². The molecule has 94 valence electrons. The van der Waals surface area contributed by atoms with Crippen LogP contribution in [-0.2, 0) is 4.79 Å². The molecule has 3 rings (SSSR count). The molecule has 0 N–H and O–H groups in total. The summed E-state index contributed by atoms with van der Waals surface area (Å²) in [6.45, 7) is 0. The van der Waals surface area contributed by atoms with E-state index in [1.807, 2.05) is 6.21 Å². The van der Waals surface area contributed by atoms with Gasteiger partial charge in [0.1, 0.15) is 5.78 Å². The maximum atomic E-state index is 11.8. The van der Waals surface area contributed by atoms with E-state index in [1.165, 1.54) is 12.8 Å². The number of rotatable bonds is 1. The van der Waals surface area contributed by atoms with Gasteiger partial charge in [-0.05, 0) is 38.5 Å². The molecule has 17 heavy (non-hydrogen) atoms. The van der Waals surface area contributed by atoms with Gasteiger partial charge >= 0.3 is 0 Å². The lowest BCUT2D eigenvalue weighted by Gasteiger charge is -2.38. The second-order valence-corrected chi connectivity index (χ2v) is 6.13. The molecule has 0 aromatic carbocycles. The lowest BCUT2D eigenvalue weighted by molar-refractivity contribution is -0.124. The lowest BCUT2D eigenvalue weighted by atomic mass is 9.83. The van der Waals surface area contributed by atoms with Crippen molar-refractivity contribution in [3.63, 3.8) is 0 Å². The summed E-state index contributed by atoms with van der Waals surface area (Å²) in [7, 11) is 0. The van der Waals surface area contributed by atoms with Crippen molar-refractivity contribution in [2.45, 2.75) is 62.4 Å². The summed E-state index contributed by atoms with van der Waals surface area (Å²) in [5, 5.41) is 7.02. The molecule has 2 saturated carbocycles. The lowest BCUT2D eigenvalue weighted by Crippen LogP contribution is -2.45. The number of nitrogens with zero attached hydrogens (tertiary/aromatic N) is 2. The van der Waals surface area contributed by atoms with Gasteiger partial charge in [-0.25, -0.2) is 0 Å². The van der Waals surface area contributed by atoms with Crippen LogP contribution in [0.1, 0.15) is 44.9 Å². The van der Waals surface area contributed by atoms with Gasteiger partial charge in [0.05, 0.1) is 12.0 Å². The van der Waals surface area contributed by atoms with Crippen molar-refractivity contribution in [3.05, 3.63) is 0 Å². The molecule has 0 saturated heterocycles. The normalized spacial score (nSPS) is 41.7. The summed E-state index contributed by atoms with van der Waals surface area (Å²) in [4.78, 5) is 11.8. The molecule has 0 aromatic rings. The number of alkyl halides is 1. The van der Waals surface area contributed by atoms with Crippen LogP contribution in [0.3, 0.4) is 0 Å². The first-order valence-electron chi connectivity index (χ1n) is 6.75. The first-order valence-corrected chi connectivity index (χ1v) is 7.18. The van der Waals surface area contributed by atoms with E-state index in [2.05, 4.69) is 10.1 Å². The van der Waals surface area contributed by atoms with E-state index in [-0.39, 0.29) is 5.92 Å². The molecule has 2 fully saturated rings. The largest absolute Gasteiger partial charge is 0.299 e. The quantitative estimate of drug-likeness (QED) is 0.674. The minimum atomic E-state index is 0.0689. The third kappa shape index (κ3) is 2.10. The number of hydrogen-bond donors (Lipinski definition) is 0. The van der Waals surface area contributed by atoms with Crippen LogP contribution < -0.4 is 0 Å². The zero-order chi connectivity index (χ0) is 11.8. The van der Waals surface area contributed by atoms with Crippen molar-refractivity contribution in [2.75, 3.05) is 0 Å². The summed E-state index contributed by atoms with van der Waals surface area (Å²) in [5.74, 6) is 0.449. The highest BCUT2D eigenvalue weighted by Gasteiger charge is 2.41. The number of ketones is 1. The zero-order valence-electron chi connectivity index (χ0n) is 10.0. The van der Waals surface area contributed by atoms with Crippen LogP contribution in [0, 0.1) is 5.92 Å². The molecule has 3 nitrogen and oxygen atoms in total. The molecule has 0 amide bonds. The fourth-order valence-corrected chi connectivity index (χ4v) is 3.83. The van der Waals surface area contributed by atoms with Gasteiger partial charge in [-0.1, -0.05) is 0 Å². The number of hydrogen-bond acceptors (Lipinski definition) is 3. The van der Waals surface area contributed by atoms with Crippen LogP contribution in [0.5, 0.6) is 0 Å². The smallest absolute Gasteiger partial charge is 0.143 e. The molecule has 3 aliphatic rings. The Labute approximate surface area is 107 Å². The van der Waals surface area contributed by atoms with Crippen molar-refractivity contribution >= 4 is 23.6 Å². The number of halogens is 1. The topological polar surface area (TPSA) is 32.7 Å². The molecule has 4 atom stereocenters. The van der Waals surface area contributed by atoms with Crippen LogP contribution in [0.4, 0.5) is 0 Å². The number of carbonyl (C=O) groups is 1. The van der Waals surface area contributed by atoms with E-state index in [0.29, 0.717) is 23.2 Å². The van der Waals surface area contributed by atoms with Gasteiger partial charge in [-0.2, -0.15) is 5.10 Å². The molecule has 0 bridgehead atoms. The molecular weight excluding hydrogens is 236 g/mol. The van der Waals surface area contributed by atoms with Gasteiger partial charge < -0.3 is 0 Å². The van der Waals surface area contributed by atoms with Crippen LogP contribution in [0.25, 0.3) is 0 Å². The number of fused-ring (bicyclic) bond motifs is 1. The highest BCUT2D eigenvalue weighted by molar-refractivity contribution is 6.20. The molecule has 0 spiro atoms. The molecule has 2 aliphatic carbocycles. The minimum absolute atomic E-state index is 0.0689. The summed E-state index contributed by atoms with van der Waals surface area (Å²) >= 11 is 6.25. The van der Waals surface area contributed by atoms with E-state index in [1.54, 1.807) is 0 Å². The first-order chi connectivity index (χ1) is 8.25. The van der Waals surface area contributed by atoms with Gasteiger partial charge in [-0.3, -0.25) is 9.80 Å². The highest BCUT2D eigenvalue weighted by atomic mass is 35.5. The first kappa shape index (κ1) is 11.5. The molecule has 1 heterocycles. The van der Waals surface area contributed by atoms with Gasteiger partial charge in [-0.15, -0.1) is 11.6 Å². The van der Waals surface area contributed by atoms with Crippen molar-refractivity contribution in [1.29, 1.82) is 0 Å². The van der Waals surface area contributed by atoms with Crippen LogP contribution in [-0.4, -0.2) is 34.5 Å². The molecule has 0 aromatic heterocycles. The van der Waals surface area contributed by atoms with Crippen molar-refractivity contribution in [1.82, 2.24) is 5.01 Å². The Morgan fingerprint density at radius 1 is 1.29 bits per heavy atom. The van der Waals surface area contributed by atoms with Crippen molar-refractivity contribution < 1.29 is 4.79 Å². The van der Waals surface area contributed by atoms with E-state index in [4.69, 9.17) is 11.6 Å². The number of Topliss-reactive ketones (excluding diaryl/α,β-unsaturated/α-hetero) is 1.